The van der Waals surface area contributed by atoms with Crippen molar-refractivity contribution in [3.05, 3.63) is 95.1 Å². The Balaban J connectivity index is 2.07. The fourth-order valence-corrected chi connectivity index (χ4v) is 5.51. The molecule has 0 heterocycles. The largest absolute Gasteiger partial charge is 0.357 e. The zero-order valence-electron chi connectivity index (χ0n) is 21.4. The first kappa shape index (κ1) is 26.9. The molecule has 0 saturated heterocycles. The van der Waals surface area contributed by atoms with E-state index in [1.54, 1.807) is 31.2 Å². The number of aryl methyl sites for hydroxylation is 3. The number of amides is 2. The van der Waals surface area contributed by atoms with Crippen molar-refractivity contribution in [3.8, 4) is 0 Å². The van der Waals surface area contributed by atoms with Gasteiger partial charge in [-0.1, -0.05) is 60.2 Å². The molecular formula is C28H33N3O4S. The minimum Gasteiger partial charge on any atom is -0.357 e. The minimum absolute atomic E-state index is 0.0864. The second-order valence-corrected chi connectivity index (χ2v) is 10.8. The number of benzene rings is 3. The van der Waals surface area contributed by atoms with Crippen molar-refractivity contribution in [1.29, 1.82) is 0 Å². The predicted octanol–water partition coefficient (Wildman–Crippen LogP) is 3.97. The second-order valence-electron chi connectivity index (χ2n) is 8.92. The topological polar surface area (TPSA) is 86.8 Å². The van der Waals surface area contributed by atoms with Crippen molar-refractivity contribution in [2.24, 2.45) is 0 Å². The Morgan fingerprint density at radius 2 is 1.56 bits per heavy atom. The smallest absolute Gasteiger partial charge is 0.264 e. The third-order valence-electron chi connectivity index (χ3n) is 6.09. The number of rotatable bonds is 9. The van der Waals surface area contributed by atoms with Crippen LogP contribution in [-0.4, -0.2) is 44.8 Å². The fraction of sp³-hybridized carbons (Fsp3) is 0.286. The van der Waals surface area contributed by atoms with Gasteiger partial charge in [0.2, 0.25) is 11.8 Å². The molecule has 0 radical (unpaired) electrons. The quantitative estimate of drug-likeness (QED) is 0.475. The number of nitrogens with zero attached hydrogens (tertiary/aromatic N) is 2. The van der Waals surface area contributed by atoms with Crippen LogP contribution in [0.15, 0.2) is 77.7 Å². The maximum absolute atomic E-state index is 13.8. The van der Waals surface area contributed by atoms with Crippen molar-refractivity contribution in [2.45, 2.75) is 45.2 Å². The summed E-state index contributed by atoms with van der Waals surface area (Å²) in [5.41, 5.74) is 3.89. The van der Waals surface area contributed by atoms with Crippen LogP contribution in [0, 0.1) is 20.8 Å². The van der Waals surface area contributed by atoms with Crippen molar-refractivity contribution in [1.82, 2.24) is 10.2 Å². The molecule has 3 rings (SSSR count). The normalized spacial score (nSPS) is 12.0. The van der Waals surface area contributed by atoms with E-state index in [2.05, 4.69) is 5.32 Å². The molecule has 1 atom stereocenters. The number of carbonyl (C=O) groups is 2. The van der Waals surface area contributed by atoms with E-state index in [9.17, 15) is 18.0 Å². The van der Waals surface area contributed by atoms with E-state index in [4.69, 9.17) is 0 Å². The number of sulfonamides is 1. The minimum atomic E-state index is -4.07. The van der Waals surface area contributed by atoms with Crippen LogP contribution in [-0.2, 0) is 26.2 Å². The molecule has 36 heavy (non-hydrogen) atoms. The molecule has 0 aliphatic carbocycles. The summed E-state index contributed by atoms with van der Waals surface area (Å²) in [6.07, 6.45) is 0. The van der Waals surface area contributed by atoms with E-state index in [1.165, 1.54) is 24.1 Å². The van der Waals surface area contributed by atoms with Gasteiger partial charge in [0.15, 0.2) is 0 Å². The highest BCUT2D eigenvalue weighted by molar-refractivity contribution is 7.92. The van der Waals surface area contributed by atoms with Crippen molar-refractivity contribution >= 4 is 27.5 Å². The average Bonchev–Trinajstić information content (AvgIpc) is 2.86. The first-order chi connectivity index (χ1) is 17.0. The number of nitrogens with one attached hydrogen (secondary N) is 1. The number of anilines is 1. The van der Waals surface area contributed by atoms with Gasteiger partial charge in [0.1, 0.15) is 12.6 Å². The zero-order chi connectivity index (χ0) is 26.5. The van der Waals surface area contributed by atoms with Crippen molar-refractivity contribution < 1.29 is 18.0 Å². The molecule has 0 bridgehead atoms. The van der Waals surface area contributed by atoms with Crippen LogP contribution in [0.25, 0.3) is 0 Å². The number of hydrogen-bond donors (Lipinski definition) is 1. The standard InChI is InChI=1S/C28H33N3O4S/c1-20-10-9-11-24(16-20)18-30(23(4)28(33)29-5)27(32)19-31(26-17-21(2)14-15-22(26)3)36(34,35)25-12-7-6-8-13-25/h6-17,23H,18-19H2,1-5H3,(H,29,33)/t23-/m1/s1. The van der Waals surface area contributed by atoms with Gasteiger partial charge in [0, 0.05) is 13.6 Å². The molecule has 190 valence electrons. The number of carbonyl (C=O) groups excluding carboxylic acids is 2. The summed E-state index contributed by atoms with van der Waals surface area (Å²) in [5, 5.41) is 2.59. The highest BCUT2D eigenvalue weighted by Crippen LogP contribution is 2.28. The van der Waals surface area contributed by atoms with Gasteiger partial charge < -0.3 is 10.2 Å². The Morgan fingerprint density at radius 3 is 2.19 bits per heavy atom. The molecule has 0 spiro atoms. The van der Waals surface area contributed by atoms with E-state index < -0.39 is 28.5 Å². The summed E-state index contributed by atoms with van der Waals surface area (Å²) in [7, 11) is -2.56. The van der Waals surface area contributed by atoms with E-state index in [1.807, 2.05) is 57.2 Å². The highest BCUT2D eigenvalue weighted by atomic mass is 32.2. The Hall–Kier alpha value is -3.65. The second kappa shape index (κ2) is 11.4. The van der Waals surface area contributed by atoms with Crippen molar-refractivity contribution in [2.75, 3.05) is 17.9 Å². The molecule has 8 heteroatoms. The molecular weight excluding hydrogens is 474 g/mol. The van der Waals surface area contributed by atoms with Gasteiger partial charge in [0.25, 0.3) is 10.0 Å². The molecule has 3 aromatic rings. The third-order valence-corrected chi connectivity index (χ3v) is 7.87. The zero-order valence-corrected chi connectivity index (χ0v) is 22.2. The summed E-state index contributed by atoms with van der Waals surface area (Å²) in [6.45, 7) is 6.99. The van der Waals surface area contributed by atoms with E-state index in [-0.39, 0.29) is 17.3 Å². The van der Waals surface area contributed by atoms with Crippen LogP contribution in [0.3, 0.4) is 0 Å². The average molecular weight is 508 g/mol. The summed E-state index contributed by atoms with van der Waals surface area (Å²) in [5.74, 6) is -0.812. The van der Waals surface area contributed by atoms with Crippen molar-refractivity contribution in [3.63, 3.8) is 0 Å². The lowest BCUT2D eigenvalue weighted by Crippen LogP contribution is -2.50. The maximum Gasteiger partial charge on any atom is 0.264 e. The van der Waals surface area contributed by atoms with Crippen LogP contribution in [0.5, 0.6) is 0 Å². The SMILES string of the molecule is CNC(=O)[C@@H](C)N(Cc1cccc(C)c1)C(=O)CN(c1cc(C)ccc1C)S(=O)(=O)c1ccccc1. The predicted molar refractivity (Wildman–Crippen MR) is 142 cm³/mol. The first-order valence-electron chi connectivity index (χ1n) is 11.8. The van der Waals surface area contributed by atoms with Gasteiger partial charge in [-0.2, -0.15) is 0 Å². The number of hydrogen-bond acceptors (Lipinski definition) is 4. The summed E-state index contributed by atoms with van der Waals surface area (Å²) >= 11 is 0. The van der Waals surface area contributed by atoms with Crippen LogP contribution in [0.1, 0.15) is 29.2 Å². The van der Waals surface area contributed by atoms with Gasteiger partial charge in [-0.15, -0.1) is 0 Å². The summed E-state index contributed by atoms with van der Waals surface area (Å²) in [6, 6.07) is 20.4. The Morgan fingerprint density at radius 1 is 0.889 bits per heavy atom. The summed E-state index contributed by atoms with van der Waals surface area (Å²) < 4.78 is 28.7. The molecule has 0 unspecified atom stereocenters. The number of likely N-dealkylation sites (N-methyl/N-ethyl adjacent to an activating group) is 1. The molecule has 0 aromatic heterocycles. The Bertz CT molecular complexity index is 1340. The molecule has 2 amide bonds. The molecule has 1 N–H and O–H groups in total. The molecule has 0 saturated carbocycles. The molecule has 0 aliphatic heterocycles. The van der Waals surface area contributed by atoms with E-state index in [0.717, 1.165) is 26.6 Å². The lowest BCUT2D eigenvalue weighted by molar-refractivity contribution is -0.139. The van der Waals surface area contributed by atoms with Crippen LogP contribution in [0.2, 0.25) is 0 Å². The fourth-order valence-electron chi connectivity index (χ4n) is 4.02. The van der Waals surface area contributed by atoms with Gasteiger partial charge in [0.05, 0.1) is 10.6 Å². The molecule has 3 aromatic carbocycles. The van der Waals surface area contributed by atoms with E-state index >= 15 is 0 Å². The van der Waals surface area contributed by atoms with Gasteiger partial charge in [-0.05, 0) is 62.6 Å². The summed E-state index contributed by atoms with van der Waals surface area (Å²) in [4.78, 5) is 27.9. The first-order valence-corrected chi connectivity index (χ1v) is 13.2. The molecule has 0 aliphatic rings. The van der Waals surface area contributed by atoms with Crippen LogP contribution >= 0.6 is 0 Å². The highest BCUT2D eigenvalue weighted by Gasteiger charge is 2.32. The lowest BCUT2D eigenvalue weighted by Gasteiger charge is -2.32. The van der Waals surface area contributed by atoms with Gasteiger partial charge in [-0.3, -0.25) is 13.9 Å². The molecule has 7 nitrogen and oxygen atoms in total. The molecule has 0 fully saturated rings. The van der Waals surface area contributed by atoms with Gasteiger partial charge in [-0.25, -0.2) is 8.42 Å². The van der Waals surface area contributed by atoms with Crippen LogP contribution in [0.4, 0.5) is 5.69 Å². The Labute approximate surface area is 213 Å². The Kier molecular flexibility index (Phi) is 8.53. The van der Waals surface area contributed by atoms with Crippen LogP contribution < -0.4 is 9.62 Å². The third kappa shape index (κ3) is 6.12. The monoisotopic (exact) mass is 507 g/mol. The lowest BCUT2D eigenvalue weighted by atomic mass is 10.1. The van der Waals surface area contributed by atoms with Gasteiger partial charge >= 0.3 is 0 Å². The maximum atomic E-state index is 13.8. The van der Waals surface area contributed by atoms with E-state index in [0.29, 0.717) is 5.69 Å².